The lowest BCUT2D eigenvalue weighted by Gasteiger charge is -2.06. The highest BCUT2D eigenvalue weighted by Gasteiger charge is 2.02. The van der Waals surface area contributed by atoms with Crippen molar-refractivity contribution >= 4 is 11.5 Å². The number of ether oxygens (including phenoxy) is 1. The van der Waals surface area contributed by atoms with Gasteiger partial charge in [0.2, 0.25) is 0 Å². The second kappa shape index (κ2) is 6.52. The minimum absolute atomic E-state index is 0.201. The van der Waals surface area contributed by atoms with Gasteiger partial charge in [-0.05, 0) is 36.4 Å². The van der Waals surface area contributed by atoms with E-state index >= 15 is 0 Å². The summed E-state index contributed by atoms with van der Waals surface area (Å²) >= 11 is 0. The number of rotatable bonds is 5. The number of methoxy groups -OCH3 is 1. The van der Waals surface area contributed by atoms with Crippen LogP contribution >= 0.6 is 0 Å². The van der Waals surface area contributed by atoms with E-state index in [-0.39, 0.29) is 11.6 Å². The molecule has 20 heavy (non-hydrogen) atoms. The van der Waals surface area contributed by atoms with Crippen molar-refractivity contribution in [2.75, 3.05) is 12.4 Å². The molecule has 0 fully saturated rings. The molecule has 4 heteroatoms. The monoisotopic (exact) mass is 271 g/mol. The van der Waals surface area contributed by atoms with Crippen molar-refractivity contribution in [3.63, 3.8) is 0 Å². The molecule has 2 aromatic carbocycles. The van der Waals surface area contributed by atoms with Gasteiger partial charge in [0.25, 0.3) is 0 Å². The molecule has 0 saturated carbocycles. The molecule has 0 bridgehead atoms. The minimum Gasteiger partial charge on any atom is -0.495 e. The molecule has 0 amide bonds. The molecule has 3 nitrogen and oxygen atoms in total. The Balaban J connectivity index is 2.03. The topological polar surface area (TPSA) is 38.3 Å². The first-order valence-electron chi connectivity index (χ1n) is 6.06. The molecule has 2 aromatic rings. The maximum absolute atomic E-state index is 12.8. The molecule has 0 saturated heterocycles. The van der Waals surface area contributed by atoms with Crippen LogP contribution in [0, 0.1) is 5.82 Å². The predicted molar refractivity (Wildman–Crippen MR) is 76.5 cm³/mol. The van der Waals surface area contributed by atoms with Gasteiger partial charge in [0.1, 0.15) is 11.6 Å². The Kier molecular flexibility index (Phi) is 4.50. The molecular weight excluding hydrogens is 257 g/mol. The van der Waals surface area contributed by atoms with Crippen LogP contribution in [0.3, 0.4) is 0 Å². The van der Waals surface area contributed by atoms with Crippen LogP contribution in [0.5, 0.6) is 5.75 Å². The van der Waals surface area contributed by atoms with Gasteiger partial charge < -0.3 is 10.1 Å². The van der Waals surface area contributed by atoms with Gasteiger partial charge in [0.05, 0.1) is 12.8 Å². The summed E-state index contributed by atoms with van der Waals surface area (Å²) in [6.45, 7) is 0. The molecule has 0 atom stereocenters. The van der Waals surface area contributed by atoms with Crippen LogP contribution < -0.4 is 10.1 Å². The van der Waals surface area contributed by atoms with Gasteiger partial charge in [-0.15, -0.1) is 0 Å². The summed E-state index contributed by atoms with van der Waals surface area (Å²) in [6, 6.07) is 12.8. The molecule has 0 radical (unpaired) electrons. The van der Waals surface area contributed by atoms with Crippen LogP contribution in [0.25, 0.3) is 0 Å². The average molecular weight is 271 g/mol. The summed E-state index contributed by atoms with van der Waals surface area (Å²) < 4.78 is 17.9. The molecule has 0 spiro atoms. The van der Waals surface area contributed by atoms with Crippen LogP contribution in [0.1, 0.15) is 10.4 Å². The Hall–Kier alpha value is -2.62. The normalized spacial score (nSPS) is 10.5. The summed E-state index contributed by atoms with van der Waals surface area (Å²) in [6.07, 6.45) is 2.92. The number of benzene rings is 2. The fourth-order valence-corrected chi connectivity index (χ4v) is 1.68. The number of hydrogen-bond donors (Lipinski definition) is 1. The summed E-state index contributed by atoms with van der Waals surface area (Å²) in [5.74, 6) is 0.122. The highest BCUT2D eigenvalue weighted by Crippen LogP contribution is 2.22. The van der Waals surface area contributed by atoms with Gasteiger partial charge in [-0.1, -0.05) is 12.1 Å². The van der Waals surface area contributed by atoms with Crippen LogP contribution in [0.2, 0.25) is 0 Å². The highest BCUT2D eigenvalue weighted by molar-refractivity contribution is 6.04. The van der Waals surface area contributed by atoms with Crippen molar-refractivity contribution in [3.05, 3.63) is 72.2 Å². The Bertz CT molecular complexity index is 621. The smallest absolute Gasteiger partial charge is 0.187 e. The predicted octanol–water partition coefficient (Wildman–Crippen LogP) is 3.64. The lowest BCUT2D eigenvalue weighted by atomic mass is 10.1. The van der Waals surface area contributed by atoms with E-state index in [1.807, 2.05) is 24.3 Å². The van der Waals surface area contributed by atoms with Crippen LogP contribution in [0.15, 0.2) is 60.8 Å². The second-order valence-electron chi connectivity index (χ2n) is 4.05. The van der Waals surface area contributed by atoms with E-state index in [2.05, 4.69) is 5.32 Å². The molecule has 0 heterocycles. The zero-order valence-electron chi connectivity index (χ0n) is 11.0. The standard InChI is InChI=1S/C16H14FNO2/c1-20-16-5-3-2-4-14(16)18-11-10-15(19)12-6-8-13(17)9-7-12/h2-11,18H,1H3/b11-10+. The van der Waals surface area contributed by atoms with Crippen molar-refractivity contribution in [1.29, 1.82) is 0 Å². The lowest BCUT2D eigenvalue weighted by molar-refractivity contribution is 0.104. The van der Waals surface area contributed by atoms with Gasteiger partial charge in [0, 0.05) is 17.8 Å². The molecule has 0 aliphatic carbocycles. The van der Waals surface area contributed by atoms with Crippen LogP contribution in [-0.2, 0) is 0 Å². The van der Waals surface area contributed by atoms with Gasteiger partial charge in [0.15, 0.2) is 5.78 Å². The van der Waals surface area contributed by atoms with E-state index in [4.69, 9.17) is 4.74 Å². The van der Waals surface area contributed by atoms with Crippen molar-refractivity contribution in [2.24, 2.45) is 0 Å². The minimum atomic E-state index is -0.363. The molecule has 0 aliphatic heterocycles. The van der Waals surface area contributed by atoms with Crippen LogP contribution in [0.4, 0.5) is 10.1 Å². The molecule has 0 aliphatic rings. The number of ketones is 1. The summed E-state index contributed by atoms with van der Waals surface area (Å²) in [5.41, 5.74) is 1.20. The summed E-state index contributed by atoms with van der Waals surface area (Å²) in [7, 11) is 1.58. The highest BCUT2D eigenvalue weighted by atomic mass is 19.1. The van der Waals surface area contributed by atoms with Crippen molar-refractivity contribution in [1.82, 2.24) is 0 Å². The number of nitrogens with one attached hydrogen (secondary N) is 1. The summed E-state index contributed by atoms with van der Waals surface area (Å²) in [4.78, 5) is 11.8. The van der Waals surface area contributed by atoms with Gasteiger partial charge in [-0.25, -0.2) is 4.39 Å². The fraction of sp³-hybridized carbons (Fsp3) is 0.0625. The summed E-state index contributed by atoms with van der Waals surface area (Å²) in [5, 5.41) is 2.98. The maximum Gasteiger partial charge on any atom is 0.187 e. The Morgan fingerprint density at radius 2 is 1.85 bits per heavy atom. The van der Waals surface area contributed by atoms with Gasteiger partial charge in [-0.3, -0.25) is 4.79 Å². The molecule has 102 valence electrons. The zero-order valence-corrected chi connectivity index (χ0v) is 11.0. The van der Waals surface area contributed by atoms with E-state index in [1.165, 1.54) is 36.5 Å². The Morgan fingerprint density at radius 1 is 1.15 bits per heavy atom. The molecule has 0 unspecified atom stereocenters. The SMILES string of the molecule is COc1ccccc1N/C=C/C(=O)c1ccc(F)cc1. The number of halogens is 1. The third-order valence-electron chi connectivity index (χ3n) is 2.71. The number of carbonyl (C=O) groups excluding carboxylic acids is 1. The first kappa shape index (κ1) is 13.8. The second-order valence-corrected chi connectivity index (χ2v) is 4.05. The number of hydrogen-bond acceptors (Lipinski definition) is 3. The van der Waals surface area contributed by atoms with E-state index < -0.39 is 0 Å². The number of para-hydroxylation sites is 2. The first-order chi connectivity index (χ1) is 9.70. The number of allylic oxidation sites excluding steroid dienone is 1. The average Bonchev–Trinajstić information content (AvgIpc) is 2.48. The quantitative estimate of drug-likeness (QED) is 0.666. The van der Waals surface area contributed by atoms with Crippen molar-refractivity contribution in [2.45, 2.75) is 0 Å². The van der Waals surface area contributed by atoms with Crippen molar-refractivity contribution in [3.8, 4) is 5.75 Å². The molecule has 2 rings (SSSR count). The lowest BCUT2D eigenvalue weighted by Crippen LogP contribution is -1.97. The Labute approximate surface area is 116 Å². The number of anilines is 1. The van der Waals surface area contributed by atoms with E-state index in [0.717, 1.165) is 5.69 Å². The molecule has 1 N–H and O–H groups in total. The van der Waals surface area contributed by atoms with Gasteiger partial charge >= 0.3 is 0 Å². The first-order valence-corrected chi connectivity index (χ1v) is 6.06. The maximum atomic E-state index is 12.8. The van der Waals surface area contributed by atoms with Gasteiger partial charge in [-0.2, -0.15) is 0 Å². The fourth-order valence-electron chi connectivity index (χ4n) is 1.68. The number of carbonyl (C=O) groups is 1. The van der Waals surface area contributed by atoms with E-state index in [1.54, 1.807) is 7.11 Å². The molecule has 0 aromatic heterocycles. The van der Waals surface area contributed by atoms with E-state index in [9.17, 15) is 9.18 Å². The van der Waals surface area contributed by atoms with Crippen LogP contribution in [-0.4, -0.2) is 12.9 Å². The largest absolute Gasteiger partial charge is 0.495 e. The molecular formula is C16H14FNO2. The third-order valence-corrected chi connectivity index (χ3v) is 2.71. The van der Waals surface area contributed by atoms with Crippen molar-refractivity contribution < 1.29 is 13.9 Å². The zero-order chi connectivity index (χ0) is 14.4. The van der Waals surface area contributed by atoms with E-state index in [0.29, 0.717) is 11.3 Å². The third kappa shape index (κ3) is 3.45. The Morgan fingerprint density at radius 3 is 2.55 bits per heavy atom.